The average Bonchev–Trinajstić information content (AvgIpc) is 2.66. The van der Waals surface area contributed by atoms with Gasteiger partial charge in [0.2, 0.25) is 11.6 Å². The molecule has 0 aliphatic carbocycles. The minimum atomic E-state index is -0.624. The highest BCUT2D eigenvalue weighted by molar-refractivity contribution is 9.10. The van der Waals surface area contributed by atoms with E-state index in [1.165, 1.54) is 0 Å². The zero-order valence-electron chi connectivity index (χ0n) is 14.6. The fourth-order valence-electron chi connectivity index (χ4n) is 2.33. The maximum absolute atomic E-state index is 12.2. The summed E-state index contributed by atoms with van der Waals surface area (Å²) in [6.07, 6.45) is 1.16. The third-order valence-corrected chi connectivity index (χ3v) is 4.19. The van der Waals surface area contributed by atoms with E-state index in [-0.39, 0.29) is 11.6 Å². The lowest BCUT2D eigenvalue weighted by Crippen LogP contribution is -2.30. The van der Waals surface area contributed by atoms with Crippen LogP contribution in [0.1, 0.15) is 15.9 Å². The molecule has 142 valence electrons. The molecule has 3 N–H and O–H groups in total. The number of benzene rings is 2. The maximum Gasteiger partial charge on any atom is 0.355 e. The highest BCUT2D eigenvalue weighted by Crippen LogP contribution is 2.31. The molecule has 1 amide bonds. The van der Waals surface area contributed by atoms with Crippen LogP contribution >= 0.6 is 15.9 Å². The second-order valence-corrected chi connectivity index (χ2v) is 6.67. The van der Waals surface area contributed by atoms with Crippen LogP contribution in [0.5, 0.6) is 0 Å². The lowest BCUT2D eigenvalue weighted by molar-refractivity contribution is -0.383. The van der Waals surface area contributed by atoms with Crippen molar-refractivity contribution >= 4 is 44.8 Å². The molecule has 0 saturated heterocycles. The molecule has 3 rings (SSSR count). The predicted molar refractivity (Wildman–Crippen MR) is 108 cm³/mol. The predicted octanol–water partition coefficient (Wildman–Crippen LogP) is 3.96. The van der Waals surface area contributed by atoms with E-state index in [9.17, 15) is 14.9 Å². The number of anilines is 3. The van der Waals surface area contributed by atoms with Gasteiger partial charge in [-0.05, 0) is 37.3 Å². The minimum Gasteiger partial charge on any atom is -0.334 e. The number of nitro groups is 1. The number of amides is 1. The van der Waals surface area contributed by atoms with Gasteiger partial charge < -0.3 is 5.32 Å². The quantitative estimate of drug-likeness (QED) is 0.389. The number of aryl methyl sites for hydroxylation is 1. The first-order chi connectivity index (χ1) is 13.4. The smallest absolute Gasteiger partial charge is 0.334 e. The molecule has 1 heterocycles. The Morgan fingerprint density at radius 1 is 1.11 bits per heavy atom. The first kappa shape index (κ1) is 19.2. The lowest BCUT2D eigenvalue weighted by Gasteiger charge is -2.11. The molecule has 2 aromatic carbocycles. The van der Waals surface area contributed by atoms with Crippen molar-refractivity contribution in [1.29, 1.82) is 0 Å². The van der Waals surface area contributed by atoms with Gasteiger partial charge in [0.15, 0.2) is 0 Å². The van der Waals surface area contributed by atoms with Crippen molar-refractivity contribution in [2.24, 2.45) is 0 Å². The van der Waals surface area contributed by atoms with Crippen molar-refractivity contribution in [2.45, 2.75) is 6.92 Å². The Morgan fingerprint density at radius 3 is 2.50 bits per heavy atom. The molecule has 0 aliphatic rings. The fourth-order valence-corrected chi connectivity index (χ4v) is 2.73. The topological polar surface area (TPSA) is 122 Å². The number of halogens is 1. The van der Waals surface area contributed by atoms with Gasteiger partial charge in [-0.15, -0.1) is 0 Å². The zero-order chi connectivity index (χ0) is 20.1. The zero-order valence-corrected chi connectivity index (χ0v) is 16.2. The average molecular weight is 443 g/mol. The Morgan fingerprint density at radius 2 is 1.82 bits per heavy atom. The molecule has 3 aromatic rings. The molecule has 1 aromatic heterocycles. The van der Waals surface area contributed by atoms with Crippen LogP contribution in [0.25, 0.3) is 0 Å². The largest absolute Gasteiger partial charge is 0.355 e. The van der Waals surface area contributed by atoms with Crippen molar-refractivity contribution in [3.63, 3.8) is 0 Å². The number of nitrogens with zero attached hydrogens (tertiary/aromatic N) is 3. The summed E-state index contributed by atoms with van der Waals surface area (Å²) < 4.78 is 0.804. The number of hydrazine groups is 1. The van der Waals surface area contributed by atoms with Gasteiger partial charge in [0.1, 0.15) is 6.33 Å². The number of carbonyl (C=O) groups is 1. The number of hydrogen-bond acceptors (Lipinski definition) is 7. The first-order valence-electron chi connectivity index (χ1n) is 8.09. The Balaban J connectivity index is 1.82. The number of rotatable bonds is 6. The van der Waals surface area contributed by atoms with Gasteiger partial charge in [0, 0.05) is 15.7 Å². The molecule has 0 aliphatic heterocycles. The summed E-state index contributed by atoms with van der Waals surface area (Å²) in [6, 6.07) is 14.0. The molecule has 28 heavy (non-hydrogen) atoms. The Kier molecular flexibility index (Phi) is 5.80. The van der Waals surface area contributed by atoms with Gasteiger partial charge in [-0.3, -0.25) is 25.8 Å². The molecule has 9 nitrogen and oxygen atoms in total. The molecule has 0 saturated carbocycles. The fraction of sp³-hybridized carbons (Fsp3) is 0.0556. The highest BCUT2D eigenvalue weighted by atomic mass is 79.9. The standard InChI is InChI=1S/C18H15BrN6O3/c1-11-5-7-12(8-6-11)18(26)24-23-17-15(25(27)28)16(20-10-21-17)22-14-4-2-3-13(19)9-14/h2-10H,1H3,(H,24,26)(H2,20,21,22,23). The van der Waals surface area contributed by atoms with Crippen molar-refractivity contribution in [3.05, 3.63) is 80.6 Å². The summed E-state index contributed by atoms with van der Waals surface area (Å²) in [5.74, 6) is -0.599. The van der Waals surface area contributed by atoms with Crippen molar-refractivity contribution in [3.8, 4) is 0 Å². The van der Waals surface area contributed by atoms with Crippen LogP contribution in [0.3, 0.4) is 0 Å². The molecular formula is C18H15BrN6O3. The van der Waals surface area contributed by atoms with Crippen LogP contribution in [-0.2, 0) is 0 Å². The van der Waals surface area contributed by atoms with E-state index in [0.717, 1.165) is 16.4 Å². The van der Waals surface area contributed by atoms with E-state index >= 15 is 0 Å². The summed E-state index contributed by atoms with van der Waals surface area (Å²) in [5.41, 5.74) is 6.54. The Labute approximate surface area is 168 Å². The summed E-state index contributed by atoms with van der Waals surface area (Å²) in [7, 11) is 0. The highest BCUT2D eigenvalue weighted by Gasteiger charge is 2.23. The van der Waals surface area contributed by atoms with Gasteiger partial charge in [0.05, 0.1) is 4.92 Å². The number of nitrogens with one attached hydrogen (secondary N) is 3. The Hall–Kier alpha value is -3.53. The maximum atomic E-state index is 12.2. The first-order valence-corrected chi connectivity index (χ1v) is 8.88. The van der Waals surface area contributed by atoms with Crippen molar-refractivity contribution in [1.82, 2.24) is 15.4 Å². The van der Waals surface area contributed by atoms with Gasteiger partial charge in [-0.2, -0.15) is 0 Å². The molecule has 0 spiro atoms. The third kappa shape index (κ3) is 4.60. The summed E-state index contributed by atoms with van der Waals surface area (Å²) in [6.45, 7) is 1.91. The second kappa shape index (κ2) is 8.44. The molecule has 0 fully saturated rings. The van der Waals surface area contributed by atoms with E-state index in [0.29, 0.717) is 11.3 Å². The van der Waals surface area contributed by atoms with E-state index in [4.69, 9.17) is 0 Å². The monoisotopic (exact) mass is 442 g/mol. The molecule has 0 atom stereocenters. The van der Waals surface area contributed by atoms with E-state index < -0.39 is 16.5 Å². The van der Waals surface area contributed by atoms with E-state index in [1.54, 1.807) is 42.5 Å². The van der Waals surface area contributed by atoms with Gasteiger partial charge in [-0.1, -0.05) is 39.7 Å². The van der Waals surface area contributed by atoms with Crippen molar-refractivity contribution in [2.75, 3.05) is 10.7 Å². The van der Waals surface area contributed by atoms with E-state index in [1.807, 2.05) is 13.0 Å². The summed E-state index contributed by atoms with van der Waals surface area (Å²) in [5, 5.41) is 14.5. The van der Waals surface area contributed by atoms with Crippen LogP contribution in [0.2, 0.25) is 0 Å². The number of hydrogen-bond donors (Lipinski definition) is 3. The summed E-state index contributed by atoms with van der Waals surface area (Å²) >= 11 is 3.34. The van der Waals surface area contributed by atoms with E-state index in [2.05, 4.69) is 42.1 Å². The van der Waals surface area contributed by atoms with Gasteiger partial charge in [0.25, 0.3) is 5.91 Å². The van der Waals surface area contributed by atoms with Crippen LogP contribution < -0.4 is 16.2 Å². The molecule has 0 unspecified atom stereocenters. The van der Waals surface area contributed by atoms with Crippen molar-refractivity contribution < 1.29 is 9.72 Å². The molecule has 10 heteroatoms. The van der Waals surface area contributed by atoms with Crippen LogP contribution in [0.15, 0.2) is 59.3 Å². The van der Waals surface area contributed by atoms with Crippen LogP contribution in [0.4, 0.5) is 23.0 Å². The minimum absolute atomic E-state index is 0.00909. The van der Waals surface area contributed by atoms with Crippen LogP contribution in [-0.4, -0.2) is 20.8 Å². The lowest BCUT2D eigenvalue weighted by atomic mass is 10.1. The Bertz CT molecular complexity index is 1030. The number of aromatic nitrogens is 2. The molecule has 0 bridgehead atoms. The molecular weight excluding hydrogens is 428 g/mol. The summed E-state index contributed by atoms with van der Waals surface area (Å²) in [4.78, 5) is 31.0. The molecule has 0 radical (unpaired) electrons. The third-order valence-electron chi connectivity index (χ3n) is 3.70. The SMILES string of the molecule is Cc1ccc(C(=O)NNc2ncnc(Nc3cccc(Br)c3)c2[N+](=O)[O-])cc1. The normalized spacial score (nSPS) is 10.2. The number of carbonyl (C=O) groups excluding carboxylic acids is 1. The second-order valence-electron chi connectivity index (χ2n) is 5.76. The van der Waals surface area contributed by atoms with Gasteiger partial charge >= 0.3 is 5.69 Å². The van der Waals surface area contributed by atoms with Gasteiger partial charge in [-0.25, -0.2) is 9.97 Å². The van der Waals surface area contributed by atoms with Crippen LogP contribution in [0, 0.1) is 17.0 Å².